The van der Waals surface area contributed by atoms with E-state index in [0.29, 0.717) is 31.9 Å². The first-order valence-electron chi connectivity index (χ1n) is 8.87. The van der Waals surface area contributed by atoms with Gasteiger partial charge in [0.05, 0.1) is 19.8 Å². The van der Waals surface area contributed by atoms with E-state index >= 15 is 0 Å². The van der Waals surface area contributed by atoms with Crippen molar-refractivity contribution in [2.75, 3.05) is 26.3 Å². The minimum atomic E-state index is -0.767. The van der Waals surface area contributed by atoms with E-state index < -0.39 is 5.60 Å². The molecule has 1 amide bonds. The van der Waals surface area contributed by atoms with E-state index in [1.807, 2.05) is 38.1 Å². The van der Waals surface area contributed by atoms with E-state index in [1.165, 1.54) is 5.56 Å². The van der Waals surface area contributed by atoms with Crippen LogP contribution < -0.4 is 0 Å². The van der Waals surface area contributed by atoms with Gasteiger partial charge < -0.3 is 14.7 Å². The third-order valence-corrected chi connectivity index (χ3v) is 4.78. The SMILES string of the molecule is Cc1ccc(C[C@@]2(CO)CN(C(=O)Cn3nc(C)nc3C)CCO2)cc1. The summed E-state index contributed by atoms with van der Waals surface area (Å²) < 4.78 is 7.55. The van der Waals surface area contributed by atoms with Gasteiger partial charge in [0.1, 0.15) is 23.8 Å². The predicted octanol–water partition coefficient (Wildman–Crippen LogP) is 1.04. The second kappa shape index (κ2) is 7.55. The first-order valence-corrected chi connectivity index (χ1v) is 8.87. The number of hydrogen-bond acceptors (Lipinski definition) is 5. The molecule has 0 spiro atoms. The largest absolute Gasteiger partial charge is 0.393 e. The zero-order valence-electron chi connectivity index (χ0n) is 15.6. The van der Waals surface area contributed by atoms with Gasteiger partial charge in [0.2, 0.25) is 5.91 Å². The average Bonchev–Trinajstić information content (AvgIpc) is 2.94. The van der Waals surface area contributed by atoms with Crippen LogP contribution in [0.3, 0.4) is 0 Å². The normalized spacial score (nSPS) is 20.4. The van der Waals surface area contributed by atoms with Gasteiger partial charge in [-0.15, -0.1) is 0 Å². The molecule has 1 aliphatic rings. The van der Waals surface area contributed by atoms with Crippen molar-refractivity contribution in [1.29, 1.82) is 0 Å². The summed E-state index contributed by atoms with van der Waals surface area (Å²) in [7, 11) is 0. The summed E-state index contributed by atoms with van der Waals surface area (Å²) in [5, 5.41) is 14.3. The van der Waals surface area contributed by atoms with Gasteiger partial charge in [-0.2, -0.15) is 5.10 Å². The van der Waals surface area contributed by atoms with Crippen LogP contribution in [-0.2, 0) is 22.5 Å². The van der Waals surface area contributed by atoms with Crippen LogP contribution in [0.1, 0.15) is 22.8 Å². The van der Waals surface area contributed by atoms with Crippen molar-refractivity contribution in [1.82, 2.24) is 19.7 Å². The molecule has 1 aliphatic heterocycles. The van der Waals surface area contributed by atoms with Gasteiger partial charge in [0.15, 0.2) is 0 Å². The maximum absolute atomic E-state index is 12.7. The molecule has 3 rings (SSSR count). The minimum Gasteiger partial charge on any atom is -0.393 e. The Morgan fingerprint density at radius 2 is 2.00 bits per heavy atom. The Bertz CT molecular complexity index is 772. The molecule has 0 aliphatic carbocycles. The molecule has 140 valence electrons. The summed E-state index contributed by atoms with van der Waals surface area (Å²) in [5.74, 6) is 1.33. The third-order valence-electron chi connectivity index (χ3n) is 4.78. The molecule has 1 atom stereocenters. The van der Waals surface area contributed by atoms with E-state index in [4.69, 9.17) is 4.74 Å². The Hall–Kier alpha value is -2.25. The topological polar surface area (TPSA) is 80.5 Å². The standard InChI is InChI=1S/C19H26N4O3/c1-14-4-6-17(7-5-14)10-19(13-24)12-22(8-9-26-19)18(25)11-23-16(3)20-15(2)21-23/h4-7,24H,8-13H2,1-3H3/t19-/m0/s1. The molecule has 2 aromatic rings. The van der Waals surface area contributed by atoms with Crippen molar-refractivity contribution >= 4 is 5.91 Å². The van der Waals surface area contributed by atoms with Crippen molar-refractivity contribution in [3.05, 3.63) is 47.0 Å². The maximum atomic E-state index is 12.7. The molecule has 7 heteroatoms. The van der Waals surface area contributed by atoms with Gasteiger partial charge >= 0.3 is 0 Å². The first kappa shape index (κ1) is 18.5. The number of benzene rings is 1. The molecular formula is C19H26N4O3. The molecule has 0 bridgehead atoms. The molecule has 0 radical (unpaired) electrons. The Labute approximate surface area is 153 Å². The van der Waals surface area contributed by atoms with Crippen LogP contribution in [-0.4, -0.2) is 62.6 Å². The molecule has 7 nitrogen and oxygen atoms in total. The Balaban J connectivity index is 1.70. The minimum absolute atomic E-state index is 0.0389. The highest BCUT2D eigenvalue weighted by Gasteiger charge is 2.38. The predicted molar refractivity (Wildman–Crippen MR) is 96.7 cm³/mol. The third kappa shape index (κ3) is 4.11. The number of aliphatic hydroxyl groups is 1. The molecule has 0 saturated carbocycles. The van der Waals surface area contributed by atoms with Gasteiger partial charge in [0.25, 0.3) is 0 Å². The number of carbonyl (C=O) groups excluding carboxylic acids is 1. The fourth-order valence-corrected chi connectivity index (χ4v) is 3.33. The van der Waals surface area contributed by atoms with Crippen LogP contribution >= 0.6 is 0 Å². The summed E-state index contributed by atoms with van der Waals surface area (Å²) in [6.07, 6.45) is 0.565. The Kier molecular flexibility index (Phi) is 5.38. The lowest BCUT2D eigenvalue weighted by Gasteiger charge is -2.42. The number of morpholine rings is 1. The molecular weight excluding hydrogens is 332 g/mol. The van der Waals surface area contributed by atoms with Crippen molar-refractivity contribution in [3.8, 4) is 0 Å². The highest BCUT2D eigenvalue weighted by Crippen LogP contribution is 2.23. The summed E-state index contributed by atoms with van der Waals surface area (Å²) in [5.41, 5.74) is 1.50. The number of ether oxygens (including phenoxy) is 1. The molecule has 1 N–H and O–H groups in total. The fraction of sp³-hybridized carbons (Fsp3) is 0.526. The number of rotatable bonds is 5. The summed E-state index contributed by atoms with van der Waals surface area (Å²) in [4.78, 5) is 18.7. The van der Waals surface area contributed by atoms with Crippen LogP contribution in [0, 0.1) is 20.8 Å². The van der Waals surface area contributed by atoms with Crippen LogP contribution in [0.25, 0.3) is 0 Å². The van der Waals surface area contributed by atoms with Crippen LogP contribution in [0.4, 0.5) is 0 Å². The number of carbonyl (C=O) groups is 1. The molecule has 1 saturated heterocycles. The first-order chi connectivity index (χ1) is 12.4. The molecule has 1 aromatic heterocycles. The number of aliphatic hydroxyl groups excluding tert-OH is 1. The number of hydrogen-bond donors (Lipinski definition) is 1. The number of aromatic nitrogens is 3. The van der Waals surface area contributed by atoms with Crippen LogP contribution in [0.5, 0.6) is 0 Å². The molecule has 1 aromatic carbocycles. The fourth-order valence-electron chi connectivity index (χ4n) is 3.33. The summed E-state index contributed by atoms with van der Waals surface area (Å²) >= 11 is 0. The number of aryl methyl sites for hydroxylation is 3. The summed E-state index contributed by atoms with van der Waals surface area (Å²) in [6.45, 7) is 6.99. The van der Waals surface area contributed by atoms with E-state index in [-0.39, 0.29) is 19.1 Å². The van der Waals surface area contributed by atoms with E-state index in [2.05, 4.69) is 10.1 Å². The zero-order chi connectivity index (χ0) is 18.7. The zero-order valence-corrected chi connectivity index (χ0v) is 15.6. The van der Waals surface area contributed by atoms with Gasteiger partial charge in [-0.05, 0) is 26.3 Å². The number of nitrogens with zero attached hydrogens (tertiary/aromatic N) is 4. The van der Waals surface area contributed by atoms with Crippen molar-refractivity contribution < 1.29 is 14.6 Å². The van der Waals surface area contributed by atoms with Gasteiger partial charge in [-0.25, -0.2) is 9.67 Å². The lowest BCUT2D eigenvalue weighted by Crippen LogP contribution is -2.57. The monoisotopic (exact) mass is 358 g/mol. The van der Waals surface area contributed by atoms with Crippen LogP contribution in [0.15, 0.2) is 24.3 Å². The van der Waals surface area contributed by atoms with E-state index in [9.17, 15) is 9.90 Å². The lowest BCUT2D eigenvalue weighted by molar-refractivity contribution is -0.158. The smallest absolute Gasteiger partial charge is 0.244 e. The van der Waals surface area contributed by atoms with E-state index in [0.717, 1.165) is 11.4 Å². The van der Waals surface area contributed by atoms with Crippen molar-refractivity contribution in [3.63, 3.8) is 0 Å². The number of amides is 1. The lowest BCUT2D eigenvalue weighted by atomic mass is 9.92. The van der Waals surface area contributed by atoms with Gasteiger partial charge in [-0.3, -0.25) is 4.79 Å². The average molecular weight is 358 g/mol. The Morgan fingerprint density at radius 3 is 2.62 bits per heavy atom. The molecule has 2 heterocycles. The van der Waals surface area contributed by atoms with Crippen LogP contribution in [0.2, 0.25) is 0 Å². The second-order valence-electron chi connectivity index (χ2n) is 7.03. The highest BCUT2D eigenvalue weighted by molar-refractivity contribution is 5.76. The molecule has 26 heavy (non-hydrogen) atoms. The quantitative estimate of drug-likeness (QED) is 0.864. The van der Waals surface area contributed by atoms with Crippen molar-refractivity contribution in [2.24, 2.45) is 0 Å². The Morgan fingerprint density at radius 1 is 1.27 bits per heavy atom. The molecule has 0 unspecified atom stereocenters. The van der Waals surface area contributed by atoms with E-state index in [1.54, 1.807) is 16.5 Å². The van der Waals surface area contributed by atoms with Gasteiger partial charge in [-0.1, -0.05) is 29.8 Å². The second-order valence-corrected chi connectivity index (χ2v) is 7.03. The van der Waals surface area contributed by atoms with Crippen molar-refractivity contribution in [2.45, 2.75) is 39.3 Å². The summed E-state index contributed by atoms with van der Waals surface area (Å²) in [6, 6.07) is 8.17. The highest BCUT2D eigenvalue weighted by atomic mass is 16.5. The maximum Gasteiger partial charge on any atom is 0.244 e. The van der Waals surface area contributed by atoms with Gasteiger partial charge in [0, 0.05) is 13.0 Å². The molecule has 1 fully saturated rings.